The summed E-state index contributed by atoms with van der Waals surface area (Å²) >= 11 is 0. The summed E-state index contributed by atoms with van der Waals surface area (Å²) in [6.07, 6.45) is 9.95. The van der Waals surface area contributed by atoms with E-state index in [0.717, 1.165) is 44.4 Å². The number of aromatic nitrogens is 2. The summed E-state index contributed by atoms with van der Waals surface area (Å²) in [6.45, 7) is 8.30. The van der Waals surface area contributed by atoms with Crippen molar-refractivity contribution in [3.05, 3.63) is 59.2 Å². The number of piperidine rings is 1. The van der Waals surface area contributed by atoms with Crippen LogP contribution in [0.3, 0.4) is 0 Å². The van der Waals surface area contributed by atoms with Crippen molar-refractivity contribution in [1.82, 2.24) is 19.8 Å². The molecule has 5 heteroatoms. The highest BCUT2D eigenvalue weighted by Crippen LogP contribution is 2.29. The molecule has 1 aliphatic carbocycles. The first-order valence-electron chi connectivity index (χ1n) is 11.6. The van der Waals surface area contributed by atoms with Gasteiger partial charge in [-0.25, -0.2) is 9.97 Å². The maximum atomic E-state index is 5.39. The van der Waals surface area contributed by atoms with Crippen LogP contribution in [0.15, 0.2) is 36.7 Å². The number of hydrogen-bond donors (Lipinski definition) is 0. The van der Waals surface area contributed by atoms with Crippen LogP contribution in [0.4, 0.5) is 0 Å². The van der Waals surface area contributed by atoms with Crippen LogP contribution in [-0.4, -0.2) is 65.7 Å². The first-order chi connectivity index (χ1) is 14.7. The maximum Gasteiger partial charge on any atom is 0.127 e. The molecule has 0 spiro atoms. The molecule has 2 aliphatic rings. The van der Waals surface area contributed by atoms with E-state index < -0.39 is 0 Å². The lowest BCUT2D eigenvalue weighted by molar-refractivity contribution is 0.0843. The smallest absolute Gasteiger partial charge is 0.127 e. The highest BCUT2D eigenvalue weighted by Gasteiger charge is 2.31. The number of benzene rings is 1. The van der Waals surface area contributed by atoms with E-state index in [9.17, 15) is 0 Å². The minimum absolute atomic E-state index is 0.688. The summed E-state index contributed by atoms with van der Waals surface area (Å²) in [5.74, 6) is 1.64. The van der Waals surface area contributed by atoms with Crippen LogP contribution >= 0.6 is 0 Å². The Labute approximate surface area is 181 Å². The average Bonchev–Trinajstić information content (AvgIpc) is 3.23. The first-order valence-corrected chi connectivity index (χ1v) is 11.6. The number of hydrogen-bond acceptors (Lipinski definition) is 5. The maximum absolute atomic E-state index is 5.39. The molecule has 2 heterocycles. The number of likely N-dealkylation sites (tertiary alicyclic amines) is 1. The first kappa shape index (κ1) is 21.4. The third-order valence-electron chi connectivity index (χ3n) is 6.71. The van der Waals surface area contributed by atoms with Crippen LogP contribution in [0.2, 0.25) is 0 Å². The highest BCUT2D eigenvalue weighted by atomic mass is 16.5. The van der Waals surface area contributed by atoms with Gasteiger partial charge in [0.25, 0.3) is 0 Å². The second kappa shape index (κ2) is 10.5. The van der Waals surface area contributed by atoms with Crippen LogP contribution in [-0.2, 0) is 30.5 Å². The van der Waals surface area contributed by atoms with Gasteiger partial charge in [-0.15, -0.1) is 0 Å². The summed E-state index contributed by atoms with van der Waals surface area (Å²) in [5, 5.41) is 0. The van der Waals surface area contributed by atoms with E-state index in [0.29, 0.717) is 6.04 Å². The molecule has 162 valence electrons. The minimum Gasteiger partial charge on any atom is -0.383 e. The van der Waals surface area contributed by atoms with Crippen molar-refractivity contribution < 1.29 is 4.74 Å². The van der Waals surface area contributed by atoms with Gasteiger partial charge in [-0.05, 0) is 49.3 Å². The predicted molar refractivity (Wildman–Crippen MR) is 120 cm³/mol. The zero-order valence-electron chi connectivity index (χ0n) is 18.6. The number of methoxy groups -OCH3 is 1. The molecule has 1 saturated heterocycles. The van der Waals surface area contributed by atoms with Crippen molar-refractivity contribution in [2.45, 2.75) is 51.6 Å². The molecule has 1 aliphatic heterocycles. The standard InChI is InChI=1S/C25H36N4O/c1-3-25-26-15-21(16-27-25)18-28(11-12-30-2)17-20-7-6-10-29(19-20)24-13-22-8-4-5-9-23(22)14-24/h4-5,8-9,15-16,20,24H,3,6-7,10-14,17-19H2,1-2H3/t20-/m0/s1. The molecule has 0 radical (unpaired) electrons. The van der Waals surface area contributed by atoms with Gasteiger partial charge in [-0.1, -0.05) is 31.2 Å². The molecule has 1 atom stereocenters. The Morgan fingerprint density at radius 1 is 1.13 bits per heavy atom. The topological polar surface area (TPSA) is 41.5 Å². The molecular weight excluding hydrogens is 372 g/mol. The van der Waals surface area contributed by atoms with Crippen molar-refractivity contribution >= 4 is 0 Å². The highest BCUT2D eigenvalue weighted by molar-refractivity contribution is 5.33. The van der Waals surface area contributed by atoms with E-state index in [1.54, 1.807) is 18.2 Å². The Hall–Kier alpha value is -1.82. The molecule has 2 aromatic rings. The molecule has 30 heavy (non-hydrogen) atoms. The van der Waals surface area contributed by atoms with Gasteiger partial charge in [0, 0.05) is 63.7 Å². The zero-order valence-corrected chi connectivity index (χ0v) is 18.6. The largest absolute Gasteiger partial charge is 0.383 e. The van der Waals surface area contributed by atoms with Crippen LogP contribution < -0.4 is 0 Å². The van der Waals surface area contributed by atoms with E-state index in [1.165, 1.54) is 44.3 Å². The summed E-state index contributed by atoms with van der Waals surface area (Å²) in [7, 11) is 1.79. The van der Waals surface area contributed by atoms with Crippen LogP contribution in [0.1, 0.15) is 42.3 Å². The Bertz CT molecular complexity index is 769. The molecule has 1 aromatic carbocycles. The van der Waals surface area contributed by atoms with Crippen molar-refractivity contribution in [2.24, 2.45) is 5.92 Å². The normalized spacial score (nSPS) is 20.0. The molecule has 0 bridgehead atoms. The van der Waals surface area contributed by atoms with Crippen molar-refractivity contribution in [3.8, 4) is 0 Å². The monoisotopic (exact) mass is 408 g/mol. The van der Waals surface area contributed by atoms with Crippen LogP contribution in [0, 0.1) is 5.92 Å². The van der Waals surface area contributed by atoms with E-state index in [1.807, 2.05) is 12.4 Å². The van der Waals surface area contributed by atoms with Gasteiger partial charge in [-0.2, -0.15) is 0 Å². The molecule has 1 fully saturated rings. The average molecular weight is 409 g/mol. The Morgan fingerprint density at radius 3 is 2.53 bits per heavy atom. The number of rotatable bonds is 9. The van der Waals surface area contributed by atoms with E-state index in [4.69, 9.17) is 4.74 Å². The third-order valence-corrected chi connectivity index (χ3v) is 6.71. The molecule has 0 unspecified atom stereocenters. The molecule has 0 saturated carbocycles. The second-order valence-corrected chi connectivity index (χ2v) is 8.92. The zero-order chi connectivity index (χ0) is 20.8. The third kappa shape index (κ3) is 5.45. The Kier molecular flexibility index (Phi) is 7.47. The Balaban J connectivity index is 1.35. The van der Waals surface area contributed by atoms with Crippen molar-refractivity contribution in [3.63, 3.8) is 0 Å². The van der Waals surface area contributed by atoms with Gasteiger partial charge in [0.05, 0.1) is 6.61 Å². The fourth-order valence-electron chi connectivity index (χ4n) is 5.10. The van der Waals surface area contributed by atoms with E-state index >= 15 is 0 Å². The molecule has 0 amide bonds. The van der Waals surface area contributed by atoms with Gasteiger partial charge in [0.15, 0.2) is 0 Å². The molecular formula is C25H36N4O. The summed E-state index contributed by atoms with van der Waals surface area (Å²) in [4.78, 5) is 14.3. The van der Waals surface area contributed by atoms with Gasteiger partial charge in [0.1, 0.15) is 5.82 Å². The number of fused-ring (bicyclic) bond motifs is 1. The molecule has 4 rings (SSSR count). The SMILES string of the molecule is CCc1ncc(CN(CCOC)C[C@@H]2CCCN(C3Cc4ccccc4C3)C2)cn1. The van der Waals surface area contributed by atoms with Crippen LogP contribution in [0.25, 0.3) is 0 Å². The van der Waals surface area contributed by atoms with E-state index in [-0.39, 0.29) is 0 Å². The van der Waals surface area contributed by atoms with E-state index in [2.05, 4.69) is 51.0 Å². The number of nitrogens with zero attached hydrogens (tertiary/aromatic N) is 4. The van der Waals surface area contributed by atoms with Gasteiger partial charge < -0.3 is 4.74 Å². The minimum atomic E-state index is 0.688. The van der Waals surface area contributed by atoms with Gasteiger partial charge in [-0.3, -0.25) is 9.80 Å². The fraction of sp³-hybridized carbons (Fsp3) is 0.600. The second-order valence-electron chi connectivity index (χ2n) is 8.92. The summed E-state index contributed by atoms with van der Waals surface area (Å²) in [6, 6.07) is 9.69. The number of aryl methyl sites for hydroxylation is 1. The van der Waals surface area contributed by atoms with Gasteiger partial charge in [0.2, 0.25) is 0 Å². The summed E-state index contributed by atoms with van der Waals surface area (Å²) in [5.41, 5.74) is 4.31. The summed E-state index contributed by atoms with van der Waals surface area (Å²) < 4.78 is 5.39. The Morgan fingerprint density at radius 2 is 1.87 bits per heavy atom. The predicted octanol–water partition coefficient (Wildman–Crippen LogP) is 3.37. The molecule has 5 nitrogen and oxygen atoms in total. The lowest BCUT2D eigenvalue weighted by Gasteiger charge is -2.38. The quantitative estimate of drug-likeness (QED) is 0.636. The lowest BCUT2D eigenvalue weighted by atomic mass is 9.95. The van der Waals surface area contributed by atoms with Crippen LogP contribution in [0.5, 0.6) is 0 Å². The lowest BCUT2D eigenvalue weighted by Crippen LogP contribution is -2.46. The van der Waals surface area contributed by atoms with Gasteiger partial charge >= 0.3 is 0 Å². The van der Waals surface area contributed by atoms with Crippen molar-refractivity contribution in [1.29, 1.82) is 0 Å². The molecule has 1 aromatic heterocycles. The molecule has 0 N–H and O–H groups in total. The van der Waals surface area contributed by atoms with Crippen molar-refractivity contribution in [2.75, 3.05) is 39.9 Å². The number of ether oxygens (including phenoxy) is 1. The fourth-order valence-corrected chi connectivity index (χ4v) is 5.10.